The maximum Gasteiger partial charge on any atom is 0.416 e. The quantitative estimate of drug-likeness (QED) is 0.871. The summed E-state index contributed by atoms with van der Waals surface area (Å²) in [6, 6.07) is 8.14. The molecule has 0 atom stereocenters. The molecule has 19 heavy (non-hydrogen) atoms. The molecule has 2 rings (SSSR count). The fourth-order valence-corrected chi connectivity index (χ4v) is 1.55. The Morgan fingerprint density at radius 2 is 1.68 bits per heavy atom. The van der Waals surface area contributed by atoms with Gasteiger partial charge in [-0.15, -0.1) is 0 Å². The number of hydrogen-bond donors (Lipinski definition) is 2. The van der Waals surface area contributed by atoms with Crippen molar-refractivity contribution < 1.29 is 13.2 Å². The lowest BCUT2D eigenvalue weighted by atomic mass is 10.2. The maximum atomic E-state index is 12.4. The third-order valence-electron chi connectivity index (χ3n) is 2.54. The molecular weight excluding hydrogens is 255 g/mol. The highest BCUT2D eigenvalue weighted by Gasteiger charge is 2.29. The zero-order valence-electron chi connectivity index (χ0n) is 10.1. The van der Waals surface area contributed by atoms with Crippen LogP contribution in [0.15, 0.2) is 36.4 Å². The summed E-state index contributed by atoms with van der Waals surface area (Å²) in [4.78, 5) is 4.18. The summed E-state index contributed by atoms with van der Waals surface area (Å²) < 4.78 is 37.2. The molecule has 0 unspecified atom stereocenters. The van der Waals surface area contributed by atoms with Gasteiger partial charge < -0.3 is 11.1 Å². The zero-order chi connectivity index (χ0) is 14.0. The van der Waals surface area contributed by atoms with Gasteiger partial charge in [-0.05, 0) is 43.3 Å². The summed E-state index contributed by atoms with van der Waals surface area (Å²) in [5, 5.41) is 2.89. The maximum absolute atomic E-state index is 12.4. The van der Waals surface area contributed by atoms with Crippen LogP contribution in [-0.2, 0) is 6.18 Å². The van der Waals surface area contributed by atoms with Gasteiger partial charge in [-0.25, -0.2) is 4.98 Å². The number of nitrogens with two attached hydrogens (primary N) is 1. The second-order valence-electron chi connectivity index (χ2n) is 4.09. The second kappa shape index (κ2) is 4.79. The molecule has 0 aliphatic rings. The summed E-state index contributed by atoms with van der Waals surface area (Å²) in [5.74, 6) is 0.430. The lowest BCUT2D eigenvalue weighted by molar-refractivity contribution is -0.137. The number of rotatable bonds is 2. The summed E-state index contributed by atoms with van der Waals surface area (Å²) in [5.41, 5.74) is 6.74. The minimum Gasteiger partial charge on any atom is -0.396 e. The number of nitrogens with one attached hydrogen (secondary N) is 1. The Kier molecular flexibility index (Phi) is 3.33. The topological polar surface area (TPSA) is 50.9 Å². The fraction of sp³-hybridized carbons (Fsp3) is 0.154. The highest BCUT2D eigenvalue weighted by atomic mass is 19.4. The molecule has 0 amide bonds. The molecule has 1 aromatic carbocycles. The molecule has 0 bridgehead atoms. The number of aromatic nitrogens is 1. The van der Waals surface area contributed by atoms with Crippen molar-refractivity contribution in [3.05, 3.63) is 47.7 Å². The molecule has 100 valence electrons. The Balaban J connectivity index is 2.22. The smallest absolute Gasteiger partial charge is 0.396 e. The molecule has 0 saturated heterocycles. The van der Waals surface area contributed by atoms with Gasteiger partial charge >= 0.3 is 6.18 Å². The number of pyridine rings is 1. The lowest BCUT2D eigenvalue weighted by Crippen LogP contribution is -2.05. The summed E-state index contributed by atoms with van der Waals surface area (Å²) in [6.07, 6.45) is -4.33. The van der Waals surface area contributed by atoms with E-state index in [4.69, 9.17) is 5.73 Å². The number of alkyl halides is 3. The van der Waals surface area contributed by atoms with Crippen molar-refractivity contribution in [2.45, 2.75) is 13.1 Å². The molecular formula is C13H12F3N3. The van der Waals surface area contributed by atoms with Crippen molar-refractivity contribution in [2.24, 2.45) is 0 Å². The highest BCUT2D eigenvalue weighted by molar-refractivity contribution is 5.68. The molecule has 2 aromatic rings. The Hall–Kier alpha value is -2.24. The third-order valence-corrected chi connectivity index (χ3v) is 2.54. The molecule has 0 fully saturated rings. The van der Waals surface area contributed by atoms with Crippen LogP contribution in [0.3, 0.4) is 0 Å². The van der Waals surface area contributed by atoms with Crippen LogP contribution in [0.25, 0.3) is 0 Å². The van der Waals surface area contributed by atoms with E-state index in [2.05, 4.69) is 10.3 Å². The average Bonchev–Trinajstić information content (AvgIpc) is 2.33. The minimum atomic E-state index is -4.33. The van der Waals surface area contributed by atoms with E-state index in [0.717, 1.165) is 17.8 Å². The van der Waals surface area contributed by atoms with Crippen LogP contribution in [-0.4, -0.2) is 4.98 Å². The predicted octanol–water partition coefficient (Wildman–Crippen LogP) is 3.73. The SMILES string of the molecule is Cc1ccc(N)c(Nc2ccc(C(F)(F)F)cc2)n1. The second-order valence-corrected chi connectivity index (χ2v) is 4.09. The molecule has 0 spiro atoms. The van der Waals surface area contributed by atoms with Gasteiger partial charge in [0.15, 0.2) is 5.82 Å². The van der Waals surface area contributed by atoms with Crippen LogP contribution in [0.2, 0.25) is 0 Å². The first-order valence-corrected chi connectivity index (χ1v) is 5.53. The first kappa shape index (κ1) is 13.2. The van der Waals surface area contributed by atoms with Gasteiger partial charge in [0.05, 0.1) is 11.3 Å². The number of aryl methyl sites for hydroxylation is 1. The van der Waals surface area contributed by atoms with Gasteiger partial charge in [-0.2, -0.15) is 13.2 Å². The molecule has 1 aromatic heterocycles. The van der Waals surface area contributed by atoms with Crippen LogP contribution < -0.4 is 11.1 Å². The first-order valence-electron chi connectivity index (χ1n) is 5.53. The molecule has 0 aliphatic heterocycles. The molecule has 0 saturated carbocycles. The van der Waals surface area contributed by atoms with Crippen molar-refractivity contribution in [1.82, 2.24) is 4.98 Å². The van der Waals surface area contributed by atoms with Crippen LogP contribution in [0.4, 0.5) is 30.4 Å². The minimum absolute atomic E-state index is 0.430. The lowest BCUT2D eigenvalue weighted by Gasteiger charge is -2.11. The van der Waals surface area contributed by atoms with Crippen molar-refractivity contribution in [3.63, 3.8) is 0 Å². The first-order chi connectivity index (χ1) is 8.86. The van der Waals surface area contributed by atoms with Crippen molar-refractivity contribution in [3.8, 4) is 0 Å². The number of benzene rings is 1. The molecule has 0 aliphatic carbocycles. The van der Waals surface area contributed by atoms with E-state index in [-0.39, 0.29) is 0 Å². The number of anilines is 3. The molecule has 3 N–H and O–H groups in total. The Morgan fingerprint density at radius 1 is 1.05 bits per heavy atom. The van der Waals surface area contributed by atoms with Crippen molar-refractivity contribution in [1.29, 1.82) is 0 Å². The normalized spacial score (nSPS) is 11.4. The van der Waals surface area contributed by atoms with E-state index in [1.54, 1.807) is 19.1 Å². The van der Waals surface area contributed by atoms with Gasteiger partial charge in [0.1, 0.15) is 0 Å². The van der Waals surface area contributed by atoms with E-state index in [1.807, 2.05) is 0 Å². The number of nitrogens with zero attached hydrogens (tertiary/aromatic N) is 1. The zero-order valence-corrected chi connectivity index (χ0v) is 10.1. The monoisotopic (exact) mass is 267 g/mol. The number of hydrogen-bond acceptors (Lipinski definition) is 3. The van der Waals surface area contributed by atoms with Gasteiger partial charge in [0.2, 0.25) is 0 Å². The van der Waals surface area contributed by atoms with Crippen molar-refractivity contribution >= 4 is 17.2 Å². The Morgan fingerprint density at radius 3 is 2.26 bits per heavy atom. The summed E-state index contributed by atoms with van der Waals surface area (Å²) in [6.45, 7) is 1.80. The molecule has 0 radical (unpaired) electrons. The van der Waals surface area contributed by atoms with Crippen LogP contribution in [0, 0.1) is 6.92 Å². The van der Waals surface area contributed by atoms with E-state index < -0.39 is 11.7 Å². The predicted molar refractivity (Wildman–Crippen MR) is 68.1 cm³/mol. The largest absolute Gasteiger partial charge is 0.416 e. The van der Waals surface area contributed by atoms with Crippen LogP contribution >= 0.6 is 0 Å². The summed E-state index contributed by atoms with van der Waals surface area (Å²) in [7, 11) is 0. The van der Waals surface area contributed by atoms with E-state index in [0.29, 0.717) is 17.2 Å². The van der Waals surface area contributed by atoms with Gasteiger partial charge in [-0.1, -0.05) is 0 Å². The van der Waals surface area contributed by atoms with Gasteiger partial charge in [0.25, 0.3) is 0 Å². The van der Waals surface area contributed by atoms with Gasteiger partial charge in [0, 0.05) is 11.4 Å². The Labute approximate surface area is 108 Å². The number of nitrogen functional groups attached to an aromatic ring is 1. The molecule has 3 nitrogen and oxygen atoms in total. The fourth-order valence-electron chi connectivity index (χ4n) is 1.55. The van der Waals surface area contributed by atoms with Gasteiger partial charge in [-0.3, -0.25) is 0 Å². The average molecular weight is 267 g/mol. The standard InChI is InChI=1S/C13H12F3N3/c1-8-2-7-11(17)12(18-8)19-10-5-3-9(4-6-10)13(14,15)16/h2-7H,17H2,1H3,(H,18,19). The van der Waals surface area contributed by atoms with E-state index >= 15 is 0 Å². The Bertz CT molecular complexity index is 577. The number of halogens is 3. The van der Waals surface area contributed by atoms with Crippen molar-refractivity contribution in [2.75, 3.05) is 11.1 Å². The van der Waals surface area contributed by atoms with E-state index in [9.17, 15) is 13.2 Å². The third kappa shape index (κ3) is 3.15. The molecule has 1 heterocycles. The molecule has 6 heteroatoms. The van der Waals surface area contributed by atoms with Crippen LogP contribution in [0.1, 0.15) is 11.3 Å². The van der Waals surface area contributed by atoms with Crippen LogP contribution in [0.5, 0.6) is 0 Å². The van der Waals surface area contributed by atoms with E-state index in [1.165, 1.54) is 12.1 Å². The highest BCUT2D eigenvalue weighted by Crippen LogP contribution is 2.30. The summed E-state index contributed by atoms with van der Waals surface area (Å²) >= 11 is 0.